The van der Waals surface area contributed by atoms with E-state index in [1.54, 1.807) is 0 Å². The summed E-state index contributed by atoms with van der Waals surface area (Å²) < 4.78 is 35.8. The fourth-order valence-corrected chi connectivity index (χ4v) is 1.36. The molecule has 0 saturated heterocycles. The second-order valence-electron chi connectivity index (χ2n) is 2.21. The third-order valence-electron chi connectivity index (χ3n) is 1.13. The van der Waals surface area contributed by atoms with E-state index < -0.39 is 23.6 Å². The molecule has 0 aliphatic heterocycles. The lowest BCUT2D eigenvalue weighted by Gasteiger charge is -1.98. The van der Waals surface area contributed by atoms with Crippen molar-refractivity contribution in [1.82, 2.24) is 4.98 Å². The Hall–Kier alpha value is -1.11. The summed E-state index contributed by atoms with van der Waals surface area (Å²) >= 11 is 0.399. The fraction of sp³-hybridized carbons (Fsp3) is 0.333. The van der Waals surface area contributed by atoms with Crippen molar-refractivity contribution in [3.8, 4) is 0 Å². The van der Waals surface area contributed by atoms with Crippen molar-refractivity contribution in [2.75, 3.05) is 0 Å². The van der Waals surface area contributed by atoms with Gasteiger partial charge in [0.2, 0.25) is 0 Å². The van der Waals surface area contributed by atoms with E-state index in [9.17, 15) is 18.0 Å². The van der Waals surface area contributed by atoms with Gasteiger partial charge < -0.3 is 5.11 Å². The first-order valence-corrected chi connectivity index (χ1v) is 4.01. The van der Waals surface area contributed by atoms with Gasteiger partial charge in [0.05, 0.1) is 12.1 Å². The minimum absolute atomic E-state index is 0.0650. The van der Waals surface area contributed by atoms with Crippen molar-refractivity contribution in [2.45, 2.75) is 12.6 Å². The van der Waals surface area contributed by atoms with Gasteiger partial charge in [-0.15, -0.1) is 11.3 Å². The number of nitrogens with zero attached hydrogens (tertiary/aromatic N) is 1. The van der Waals surface area contributed by atoms with Gasteiger partial charge in [-0.2, -0.15) is 13.2 Å². The summed E-state index contributed by atoms with van der Waals surface area (Å²) in [5.41, 5.74) is -0.0650. The average Bonchev–Trinajstić information content (AvgIpc) is 2.32. The summed E-state index contributed by atoms with van der Waals surface area (Å²) in [7, 11) is 0. The van der Waals surface area contributed by atoms with Crippen LogP contribution in [0.25, 0.3) is 0 Å². The lowest BCUT2D eigenvalue weighted by molar-refractivity contribution is -0.139. The van der Waals surface area contributed by atoms with E-state index >= 15 is 0 Å². The summed E-state index contributed by atoms with van der Waals surface area (Å²) in [4.78, 5) is 13.2. The van der Waals surface area contributed by atoms with Crippen LogP contribution in [0.3, 0.4) is 0 Å². The highest BCUT2D eigenvalue weighted by atomic mass is 32.1. The largest absolute Gasteiger partial charge is 0.481 e. The molecule has 0 fully saturated rings. The van der Waals surface area contributed by atoms with Crippen LogP contribution < -0.4 is 0 Å². The van der Waals surface area contributed by atoms with Crippen LogP contribution in [0.5, 0.6) is 0 Å². The summed E-state index contributed by atoms with van der Waals surface area (Å²) in [6, 6.07) is 0. The molecule has 0 atom stereocenters. The van der Waals surface area contributed by atoms with E-state index in [0.29, 0.717) is 11.3 Å². The Morgan fingerprint density at radius 1 is 1.62 bits per heavy atom. The van der Waals surface area contributed by atoms with Gasteiger partial charge in [0.1, 0.15) is 0 Å². The molecule has 72 valence electrons. The molecule has 0 spiro atoms. The maximum Gasteiger partial charge on any atom is 0.443 e. The van der Waals surface area contributed by atoms with Crippen LogP contribution in [0, 0.1) is 0 Å². The van der Waals surface area contributed by atoms with Gasteiger partial charge in [0.25, 0.3) is 0 Å². The van der Waals surface area contributed by atoms with Crippen molar-refractivity contribution in [3.63, 3.8) is 0 Å². The lowest BCUT2D eigenvalue weighted by Crippen LogP contribution is -2.05. The summed E-state index contributed by atoms with van der Waals surface area (Å²) in [5, 5.41) is 8.35. The van der Waals surface area contributed by atoms with Gasteiger partial charge in [-0.3, -0.25) is 4.79 Å². The topological polar surface area (TPSA) is 50.2 Å². The zero-order valence-electron chi connectivity index (χ0n) is 6.13. The molecule has 0 radical (unpaired) electrons. The molecule has 13 heavy (non-hydrogen) atoms. The molecule has 1 aromatic heterocycles. The normalized spacial score (nSPS) is 11.6. The van der Waals surface area contributed by atoms with Gasteiger partial charge in [0.15, 0.2) is 5.01 Å². The van der Waals surface area contributed by atoms with Gasteiger partial charge in [0, 0.05) is 5.38 Å². The third kappa shape index (κ3) is 2.69. The quantitative estimate of drug-likeness (QED) is 0.811. The molecule has 0 aromatic carbocycles. The molecule has 1 N–H and O–H groups in total. The van der Waals surface area contributed by atoms with E-state index in [4.69, 9.17) is 5.11 Å². The molecule has 0 unspecified atom stereocenters. The number of halogens is 3. The Bertz CT molecular complexity index is 320. The Kier molecular flexibility index (Phi) is 2.55. The van der Waals surface area contributed by atoms with E-state index in [1.807, 2.05) is 0 Å². The highest BCUT2D eigenvalue weighted by molar-refractivity contribution is 7.09. The van der Waals surface area contributed by atoms with Crippen LogP contribution in [0.15, 0.2) is 5.38 Å². The SMILES string of the molecule is O=C(O)Cc1csc(C(F)(F)F)n1. The number of carboxylic acid groups (broad SMARTS) is 1. The molecule has 1 aromatic rings. The summed E-state index contributed by atoms with van der Waals surface area (Å²) in [5.74, 6) is -1.20. The molecule has 1 rings (SSSR count). The van der Waals surface area contributed by atoms with Gasteiger partial charge in [-0.05, 0) is 0 Å². The minimum Gasteiger partial charge on any atom is -0.481 e. The lowest BCUT2D eigenvalue weighted by atomic mass is 10.3. The Morgan fingerprint density at radius 3 is 2.62 bits per heavy atom. The highest BCUT2D eigenvalue weighted by Crippen LogP contribution is 2.31. The zero-order valence-corrected chi connectivity index (χ0v) is 6.95. The van der Waals surface area contributed by atoms with Crippen molar-refractivity contribution in [1.29, 1.82) is 0 Å². The third-order valence-corrected chi connectivity index (χ3v) is 2.06. The van der Waals surface area contributed by atoms with E-state index in [2.05, 4.69) is 4.98 Å². The summed E-state index contributed by atoms with van der Waals surface area (Å²) in [6.45, 7) is 0. The van der Waals surface area contributed by atoms with Crippen molar-refractivity contribution in [2.24, 2.45) is 0 Å². The van der Waals surface area contributed by atoms with Gasteiger partial charge in [-0.25, -0.2) is 4.98 Å². The van der Waals surface area contributed by atoms with Crippen LogP contribution in [0.4, 0.5) is 13.2 Å². The summed E-state index contributed by atoms with van der Waals surface area (Å²) in [6.07, 6.45) is -4.96. The van der Waals surface area contributed by atoms with E-state index in [1.165, 1.54) is 0 Å². The first kappa shape index (κ1) is 9.97. The standard InChI is InChI=1S/C6H4F3NO2S/c7-6(8,9)5-10-3(2-13-5)1-4(11)12/h2H,1H2,(H,11,12). The van der Waals surface area contributed by atoms with Gasteiger partial charge in [-0.1, -0.05) is 0 Å². The van der Waals surface area contributed by atoms with Crippen LogP contribution in [-0.4, -0.2) is 16.1 Å². The number of alkyl halides is 3. The number of carboxylic acids is 1. The molecule has 0 saturated carbocycles. The number of thiazole rings is 1. The number of carbonyl (C=O) groups is 1. The first-order valence-electron chi connectivity index (χ1n) is 3.13. The molecule has 3 nitrogen and oxygen atoms in total. The van der Waals surface area contributed by atoms with E-state index in [-0.39, 0.29) is 5.69 Å². The first-order chi connectivity index (χ1) is 5.89. The minimum atomic E-state index is -4.48. The molecule has 0 aliphatic carbocycles. The predicted octanol–water partition coefficient (Wildman–Crippen LogP) is 1.79. The number of aromatic nitrogens is 1. The second-order valence-corrected chi connectivity index (χ2v) is 3.07. The van der Waals surface area contributed by atoms with Gasteiger partial charge >= 0.3 is 12.1 Å². The Balaban J connectivity index is 2.81. The zero-order chi connectivity index (χ0) is 10.1. The van der Waals surface area contributed by atoms with Crippen LogP contribution in [-0.2, 0) is 17.4 Å². The monoisotopic (exact) mass is 211 g/mol. The molecule has 0 bridgehead atoms. The average molecular weight is 211 g/mol. The number of hydrogen-bond donors (Lipinski definition) is 1. The Labute approximate surface area is 74.8 Å². The molecule has 7 heteroatoms. The van der Waals surface area contributed by atoms with Crippen LogP contribution >= 0.6 is 11.3 Å². The Morgan fingerprint density at radius 2 is 2.23 bits per heavy atom. The van der Waals surface area contributed by atoms with Crippen molar-refractivity contribution in [3.05, 3.63) is 16.1 Å². The number of aliphatic carboxylic acids is 1. The second kappa shape index (κ2) is 3.33. The highest BCUT2D eigenvalue weighted by Gasteiger charge is 2.34. The van der Waals surface area contributed by atoms with Crippen molar-refractivity contribution < 1.29 is 23.1 Å². The van der Waals surface area contributed by atoms with Crippen molar-refractivity contribution >= 4 is 17.3 Å². The molecular formula is C6H4F3NO2S. The molecule has 1 heterocycles. The maximum atomic E-state index is 11.9. The van der Waals surface area contributed by atoms with E-state index in [0.717, 1.165) is 5.38 Å². The number of hydrogen-bond acceptors (Lipinski definition) is 3. The molecule has 0 aliphatic rings. The maximum absolute atomic E-state index is 11.9. The van der Waals surface area contributed by atoms with Crippen LogP contribution in [0.1, 0.15) is 10.7 Å². The predicted molar refractivity (Wildman–Crippen MR) is 38.5 cm³/mol. The fourth-order valence-electron chi connectivity index (χ4n) is 0.673. The molecule has 0 amide bonds. The smallest absolute Gasteiger partial charge is 0.443 e. The van der Waals surface area contributed by atoms with Crippen LogP contribution in [0.2, 0.25) is 0 Å². The number of rotatable bonds is 2. The molecular weight excluding hydrogens is 207 g/mol.